The topological polar surface area (TPSA) is 141 Å². The summed E-state index contributed by atoms with van der Waals surface area (Å²) in [6.07, 6.45) is -2.40. The van der Waals surface area contributed by atoms with E-state index < -0.39 is 70.5 Å². The van der Waals surface area contributed by atoms with Gasteiger partial charge >= 0.3 is 17.9 Å². The van der Waals surface area contributed by atoms with Crippen molar-refractivity contribution in [2.24, 2.45) is 10.8 Å². The highest BCUT2D eigenvalue weighted by atomic mass is 16.7. The van der Waals surface area contributed by atoms with Crippen LogP contribution < -0.4 is 0 Å². The van der Waals surface area contributed by atoms with Crippen LogP contribution in [0.15, 0.2) is 11.6 Å². The highest BCUT2D eigenvalue weighted by Gasteiger charge is 2.86. The normalized spacial score (nSPS) is 42.5. The minimum absolute atomic E-state index is 0.116. The van der Waals surface area contributed by atoms with Crippen LogP contribution >= 0.6 is 0 Å². The molecule has 0 aromatic carbocycles. The maximum absolute atomic E-state index is 12.6. The zero-order valence-corrected chi connectivity index (χ0v) is 20.5. The predicted octanol–water partition coefficient (Wildman–Crippen LogP) is 0.808. The number of carbonyl (C=O) groups is 3. The van der Waals surface area contributed by atoms with Crippen LogP contribution in [0.1, 0.15) is 54.4 Å². The number of aliphatic hydroxyl groups excluding tert-OH is 1. The molecule has 0 aromatic heterocycles. The molecule has 0 aromatic rings. The fraction of sp³-hybridized carbons (Fsp3) is 0.792. The largest absolute Gasteiger partial charge is 0.465 e. The van der Waals surface area contributed by atoms with Gasteiger partial charge in [0, 0.05) is 20.3 Å². The summed E-state index contributed by atoms with van der Waals surface area (Å²) < 4.78 is 29.2. The van der Waals surface area contributed by atoms with Gasteiger partial charge in [0.05, 0.1) is 35.6 Å². The van der Waals surface area contributed by atoms with Crippen molar-refractivity contribution in [1.29, 1.82) is 0 Å². The first-order chi connectivity index (χ1) is 15.7. The quantitative estimate of drug-likeness (QED) is 0.242. The second-order valence-electron chi connectivity index (χ2n) is 10.9. The minimum Gasteiger partial charge on any atom is -0.465 e. The molecule has 2 aliphatic heterocycles. The molecule has 34 heavy (non-hydrogen) atoms. The Hall–Kier alpha value is -2.01. The third-order valence-corrected chi connectivity index (χ3v) is 8.00. The smallest absolute Gasteiger partial charge is 0.309 e. The highest BCUT2D eigenvalue weighted by Crippen LogP contribution is 2.72. The van der Waals surface area contributed by atoms with E-state index in [0.717, 1.165) is 5.57 Å². The molecule has 2 aliphatic carbocycles. The fourth-order valence-electron chi connectivity index (χ4n) is 6.27. The Morgan fingerprint density at radius 2 is 1.85 bits per heavy atom. The van der Waals surface area contributed by atoms with Crippen molar-refractivity contribution in [1.82, 2.24) is 0 Å². The molecule has 8 atom stereocenters. The molecule has 2 bridgehead atoms. The minimum atomic E-state index is -1.24. The van der Waals surface area contributed by atoms with Crippen molar-refractivity contribution >= 4 is 17.9 Å². The summed E-state index contributed by atoms with van der Waals surface area (Å²) in [5.74, 6) is -1.65. The Kier molecular flexibility index (Phi) is 5.91. The van der Waals surface area contributed by atoms with Crippen molar-refractivity contribution in [2.45, 2.75) is 96.1 Å². The van der Waals surface area contributed by atoms with Crippen LogP contribution in [-0.4, -0.2) is 83.1 Å². The summed E-state index contributed by atoms with van der Waals surface area (Å²) in [6.45, 7) is 9.43. The average molecular weight is 483 g/mol. The van der Waals surface area contributed by atoms with Crippen LogP contribution in [0.3, 0.4) is 0 Å². The molecule has 2 heterocycles. The number of hydrogen-bond donors (Lipinski definition) is 2. The van der Waals surface area contributed by atoms with E-state index in [9.17, 15) is 24.6 Å². The molecule has 1 spiro atoms. The van der Waals surface area contributed by atoms with E-state index in [1.807, 2.05) is 19.9 Å². The summed E-state index contributed by atoms with van der Waals surface area (Å²) in [5.41, 5.74) is -3.50. The molecule has 0 unspecified atom stereocenters. The number of rotatable bonds is 6. The fourth-order valence-corrected chi connectivity index (χ4v) is 6.27. The number of ether oxygens (including phenoxy) is 5. The first-order valence-corrected chi connectivity index (χ1v) is 11.6. The number of esters is 3. The molecule has 0 radical (unpaired) electrons. The maximum atomic E-state index is 12.6. The molecule has 1 saturated carbocycles. The molecule has 2 N–H and O–H groups in total. The molecular weight excluding hydrogens is 448 g/mol. The monoisotopic (exact) mass is 482 g/mol. The summed E-state index contributed by atoms with van der Waals surface area (Å²) >= 11 is 0. The first-order valence-electron chi connectivity index (χ1n) is 11.6. The van der Waals surface area contributed by atoms with E-state index >= 15 is 0 Å². The van der Waals surface area contributed by atoms with Gasteiger partial charge in [-0.15, -0.1) is 0 Å². The van der Waals surface area contributed by atoms with Crippen LogP contribution in [0.4, 0.5) is 0 Å². The van der Waals surface area contributed by atoms with Crippen LogP contribution in [-0.2, 0) is 38.1 Å². The van der Waals surface area contributed by atoms with Gasteiger partial charge in [0.1, 0.15) is 36.6 Å². The van der Waals surface area contributed by atoms with E-state index in [-0.39, 0.29) is 26.1 Å². The van der Waals surface area contributed by atoms with Gasteiger partial charge in [-0.1, -0.05) is 13.0 Å². The van der Waals surface area contributed by atoms with E-state index in [4.69, 9.17) is 23.7 Å². The SMILES string of the molecule is CC(=O)OC[C@]12C[C@H](OC(=O)CC(C)(C)O)C(C)=C[C@H]1O[C@@H]1[C@H](O)[C@@H](OC(C)=O)[C@@]2(C)[C@@]12CO2. The standard InChI is InChI=1S/C24H34O10/c1-12-7-16-23(10-30-13(2)25,8-15(12)33-17(27)9-21(4,5)29)22(6)19(32-14(3)26)18(28)20(34-16)24(22)11-31-24/h7,15-16,18-20,28-29H,8-11H2,1-6H3/t15-,16+,18+,19+,20+,22+,23+,24+/m0/s1. The molecule has 0 amide bonds. The summed E-state index contributed by atoms with van der Waals surface area (Å²) in [5, 5.41) is 21.2. The molecule has 4 aliphatic rings. The number of carbonyl (C=O) groups excluding carboxylic acids is 3. The van der Waals surface area contributed by atoms with Gasteiger partial charge in [-0.2, -0.15) is 0 Å². The predicted molar refractivity (Wildman–Crippen MR) is 115 cm³/mol. The Balaban J connectivity index is 1.78. The number of aliphatic hydroxyl groups is 2. The Labute approximate surface area is 198 Å². The second-order valence-corrected chi connectivity index (χ2v) is 10.9. The average Bonchev–Trinajstić information content (AvgIpc) is 3.47. The van der Waals surface area contributed by atoms with Crippen LogP contribution in [0.5, 0.6) is 0 Å². The first kappa shape index (κ1) is 25.1. The lowest BCUT2D eigenvalue weighted by Gasteiger charge is -2.58. The van der Waals surface area contributed by atoms with Crippen molar-refractivity contribution in [3.8, 4) is 0 Å². The lowest BCUT2D eigenvalue weighted by Crippen LogP contribution is -2.68. The highest BCUT2D eigenvalue weighted by molar-refractivity contribution is 5.71. The molecular formula is C24H34O10. The van der Waals surface area contributed by atoms with Crippen molar-refractivity contribution < 1.29 is 48.3 Å². The number of epoxide rings is 1. The van der Waals surface area contributed by atoms with E-state index in [1.54, 1.807) is 0 Å². The van der Waals surface area contributed by atoms with Gasteiger partial charge in [-0.3, -0.25) is 14.4 Å². The third kappa shape index (κ3) is 3.66. The second kappa shape index (κ2) is 8.01. The summed E-state index contributed by atoms with van der Waals surface area (Å²) in [6, 6.07) is 0. The van der Waals surface area contributed by atoms with Crippen LogP contribution in [0.25, 0.3) is 0 Å². The van der Waals surface area contributed by atoms with Gasteiger partial charge in [0.15, 0.2) is 0 Å². The van der Waals surface area contributed by atoms with E-state index in [1.165, 1.54) is 27.7 Å². The van der Waals surface area contributed by atoms with Gasteiger partial charge in [-0.25, -0.2) is 0 Å². The molecule has 3 fully saturated rings. The van der Waals surface area contributed by atoms with Crippen molar-refractivity contribution in [3.63, 3.8) is 0 Å². The van der Waals surface area contributed by atoms with Gasteiger partial charge in [0.25, 0.3) is 0 Å². The zero-order valence-electron chi connectivity index (χ0n) is 20.5. The molecule has 190 valence electrons. The number of fused-ring (bicyclic) bond motifs is 2. The van der Waals surface area contributed by atoms with Crippen molar-refractivity contribution in [3.05, 3.63) is 11.6 Å². The lowest BCUT2D eigenvalue weighted by molar-refractivity contribution is -0.241. The Bertz CT molecular complexity index is 915. The molecule has 10 nitrogen and oxygen atoms in total. The Morgan fingerprint density at radius 1 is 1.21 bits per heavy atom. The maximum Gasteiger partial charge on any atom is 0.309 e. The van der Waals surface area contributed by atoms with E-state index in [0.29, 0.717) is 0 Å². The van der Waals surface area contributed by atoms with Crippen LogP contribution in [0, 0.1) is 10.8 Å². The third-order valence-electron chi connectivity index (χ3n) is 8.00. The Morgan fingerprint density at radius 3 is 2.38 bits per heavy atom. The van der Waals surface area contributed by atoms with Crippen LogP contribution in [0.2, 0.25) is 0 Å². The summed E-state index contributed by atoms with van der Waals surface area (Å²) in [7, 11) is 0. The molecule has 4 rings (SSSR count). The van der Waals surface area contributed by atoms with Crippen molar-refractivity contribution in [2.75, 3.05) is 13.2 Å². The van der Waals surface area contributed by atoms with Gasteiger partial charge < -0.3 is 33.9 Å². The van der Waals surface area contributed by atoms with Gasteiger partial charge in [-0.05, 0) is 26.3 Å². The zero-order chi connectivity index (χ0) is 25.3. The van der Waals surface area contributed by atoms with Gasteiger partial charge in [0.2, 0.25) is 0 Å². The van der Waals surface area contributed by atoms with E-state index in [2.05, 4.69) is 0 Å². The lowest BCUT2D eigenvalue weighted by atomic mass is 9.51. The number of hydrogen-bond acceptors (Lipinski definition) is 10. The summed E-state index contributed by atoms with van der Waals surface area (Å²) in [4.78, 5) is 36.5. The molecule has 10 heteroatoms. The molecule has 2 saturated heterocycles.